The lowest BCUT2D eigenvalue weighted by atomic mass is 9.96. The second-order valence-electron chi connectivity index (χ2n) is 9.32. The molecule has 4 rings (SSSR count). The molecule has 1 aliphatic heterocycles. The minimum atomic E-state index is -3.92. The summed E-state index contributed by atoms with van der Waals surface area (Å²) in [6.07, 6.45) is 6.59. The first-order valence-electron chi connectivity index (χ1n) is 12.4. The standard InChI is InChI=1S/C27H33ClN2O4S/c1-3-5-12-25-29-27(15-8-9-16-27)26(31)30(25)18-20-13-14-22(21(17-20)19-34-4-2)23-10-6-7-11-24(23)35(28,32)33/h6-7,10-11,13-14,17H,3-5,8-9,12,15-16,18-19H2,1-2H3. The van der Waals surface area contributed by atoms with Crippen molar-refractivity contribution in [2.24, 2.45) is 4.99 Å². The van der Waals surface area contributed by atoms with E-state index in [1.54, 1.807) is 18.2 Å². The molecule has 0 aromatic heterocycles. The molecule has 2 aliphatic rings. The highest BCUT2D eigenvalue weighted by molar-refractivity contribution is 8.13. The average molecular weight is 517 g/mol. The van der Waals surface area contributed by atoms with E-state index < -0.39 is 14.6 Å². The maximum absolute atomic E-state index is 13.5. The number of aliphatic imine (C=N–C) groups is 1. The molecule has 2 aromatic carbocycles. The predicted octanol–water partition coefficient (Wildman–Crippen LogP) is 6.06. The first-order chi connectivity index (χ1) is 16.8. The summed E-state index contributed by atoms with van der Waals surface area (Å²) in [6.45, 7) is 5.36. The Morgan fingerprint density at radius 3 is 2.51 bits per heavy atom. The summed E-state index contributed by atoms with van der Waals surface area (Å²) in [5, 5.41) is 0. The number of carbonyl (C=O) groups excluding carboxylic acids is 1. The van der Waals surface area contributed by atoms with Gasteiger partial charge < -0.3 is 4.74 Å². The summed E-state index contributed by atoms with van der Waals surface area (Å²) in [5.74, 6) is 1.02. The smallest absolute Gasteiger partial charge is 0.261 e. The van der Waals surface area contributed by atoms with Gasteiger partial charge in [0.05, 0.1) is 18.0 Å². The van der Waals surface area contributed by atoms with Gasteiger partial charge in [0, 0.05) is 29.3 Å². The number of carbonyl (C=O) groups is 1. The maximum atomic E-state index is 13.5. The number of hydrogen-bond donors (Lipinski definition) is 0. The van der Waals surface area contributed by atoms with Gasteiger partial charge in [-0.3, -0.25) is 14.7 Å². The molecule has 0 atom stereocenters. The van der Waals surface area contributed by atoms with Crippen LogP contribution in [-0.2, 0) is 31.7 Å². The number of benzene rings is 2. The van der Waals surface area contributed by atoms with Gasteiger partial charge in [-0.2, -0.15) is 0 Å². The van der Waals surface area contributed by atoms with Gasteiger partial charge in [0.1, 0.15) is 11.4 Å². The maximum Gasteiger partial charge on any atom is 0.261 e. The highest BCUT2D eigenvalue weighted by Gasteiger charge is 2.49. The first-order valence-corrected chi connectivity index (χ1v) is 14.7. The van der Waals surface area contributed by atoms with Crippen LogP contribution in [0.25, 0.3) is 11.1 Å². The predicted molar refractivity (Wildman–Crippen MR) is 139 cm³/mol. The molecule has 8 heteroatoms. The quantitative estimate of drug-likeness (QED) is 0.359. The Labute approximate surface area is 212 Å². The Kier molecular flexibility index (Phi) is 7.99. The lowest BCUT2D eigenvalue weighted by Gasteiger charge is -2.23. The second-order valence-corrected chi connectivity index (χ2v) is 11.9. The van der Waals surface area contributed by atoms with E-state index in [0.29, 0.717) is 25.3 Å². The number of rotatable bonds is 10. The molecule has 2 aromatic rings. The number of ether oxygens (including phenoxy) is 1. The van der Waals surface area contributed by atoms with Crippen LogP contribution in [-0.4, -0.2) is 37.2 Å². The van der Waals surface area contributed by atoms with Gasteiger partial charge in [-0.1, -0.05) is 62.6 Å². The molecule has 1 saturated carbocycles. The van der Waals surface area contributed by atoms with Gasteiger partial charge >= 0.3 is 0 Å². The molecule has 1 aliphatic carbocycles. The van der Waals surface area contributed by atoms with Crippen molar-refractivity contribution >= 4 is 31.5 Å². The number of nitrogens with zero attached hydrogens (tertiary/aromatic N) is 2. The van der Waals surface area contributed by atoms with E-state index in [-0.39, 0.29) is 10.8 Å². The minimum absolute atomic E-state index is 0.0686. The van der Waals surface area contributed by atoms with Crippen LogP contribution in [0.1, 0.15) is 69.9 Å². The van der Waals surface area contributed by atoms with Gasteiger partial charge in [-0.25, -0.2) is 8.42 Å². The van der Waals surface area contributed by atoms with Crippen LogP contribution in [0.3, 0.4) is 0 Å². The van der Waals surface area contributed by atoms with E-state index in [1.165, 1.54) is 6.07 Å². The number of amidine groups is 1. The lowest BCUT2D eigenvalue weighted by molar-refractivity contribution is -0.131. The van der Waals surface area contributed by atoms with Crippen molar-refractivity contribution < 1.29 is 17.9 Å². The van der Waals surface area contributed by atoms with Gasteiger partial charge in [-0.05, 0) is 48.9 Å². The van der Waals surface area contributed by atoms with Crippen molar-refractivity contribution in [2.45, 2.75) is 82.4 Å². The van der Waals surface area contributed by atoms with Crippen LogP contribution in [0, 0.1) is 0 Å². The molecule has 0 unspecified atom stereocenters. The van der Waals surface area contributed by atoms with E-state index in [1.807, 2.05) is 30.0 Å². The highest BCUT2D eigenvalue weighted by Crippen LogP contribution is 2.40. The fraction of sp³-hybridized carbons (Fsp3) is 0.481. The van der Waals surface area contributed by atoms with Crippen molar-refractivity contribution in [2.75, 3.05) is 6.61 Å². The lowest BCUT2D eigenvalue weighted by Crippen LogP contribution is -2.40. The van der Waals surface area contributed by atoms with Crippen LogP contribution in [0.5, 0.6) is 0 Å². The summed E-state index contributed by atoms with van der Waals surface area (Å²) in [6, 6.07) is 12.6. The van der Waals surface area contributed by atoms with Crippen molar-refractivity contribution in [3.05, 3.63) is 53.6 Å². The molecule has 0 bridgehead atoms. The third-order valence-electron chi connectivity index (χ3n) is 6.89. The highest BCUT2D eigenvalue weighted by atomic mass is 35.7. The normalized spacial score (nSPS) is 17.4. The van der Waals surface area contributed by atoms with Gasteiger partial charge in [-0.15, -0.1) is 0 Å². The number of unbranched alkanes of at least 4 members (excludes halogenated alkanes) is 1. The van der Waals surface area contributed by atoms with Gasteiger partial charge in [0.15, 0.2) is 0 Å². The third kappa shape index (κ3) is 5.47. The van der Waals surface area contributed by atoms with Crippen LogP contribution < -0.4 is 0 Å². The Bertz CT molecular complexity index is 1220. The van der Waals surface area contributed by atoms with Crippen molar-refractivity contribution in [3.8, 4) is 11.1 Å². The Morgan fingerprint density at radius 1 is 1.09 bits per heavy atom. The molecule has 1 spiro atoms. The molecule has 35 heavy (non-hydrogen) atoms. The fourth-order valence-corrected chi connectivity index (χ4v) is 6.21. The van der Waals surface area contributed by atoms with Crippen molar-refractivity contribution in [1.82, 2.24) is 4.90 Å². The molecule has 1 fully saturated rings. The first kappa shape index (κ1) is 25.9. The summed E-state index contributed by atoms with van der Waals surface area (Å²) in [4.78, 5) is 20.4. The Hall–Kier alpha value is -2.22. The van der Waals surface area contributed by atoms with E-state index in [0.717, 1.165) is 67.5 Å². The van der Waals surface area contributed by atoms with E-state index >= 15 is 0 Å². The Balaban J connectivity index is 1.69. The molecule has 6 nitrogen and oxygen atoms in total. The SMILES string of the molecule is CCCCC1=NC2(CCCC2)C(=O)N1Cc1ccc(-c2ccccc2S(=O)(=O)Cl)c(COCC)c1. The van der Waals surface area contributed by atoms with E-state index in [2.05, 4.69) is 6.92 Å². The monoisotopic (exact) mass is 516 g/mol. The van der Waals surface area contributed by atoms with Crippen LogP contribution in [0.15, 0.2) is 52.4 Å². The van der Waals surface area contributed by atoms with Crippen molar-refractivity contribution in [3.63, 3.8) is 0 Å². The molecule has 188 valence electrons. The number of halogens is 1. The molecule has 1 heterocycles. The number of amides is 1. The molecular weight excluding hydrogens is 484 g/mol. The Morgan fingerprint density at radius 2 is 1.83 bits per heavy atom. The molecule has 0 N–H and O–H groups in total. The zero-order valence-electron chi connectivity index (χ0n) is 20.4. The van der Waals surface area contributed by atoms with Crippen molar-refractivity contribution in [1.29, 1.82) is 0 Å². The van der Waals surface area contributed by atoms with E-state index in [9.17, 15) is 13.2 Å². The zero-order valence-corrected chi connectivity index (χ0v) is 22.0. The topological polar surface area (TPSA) is 76.0 Å². The third-order valence-corrected chi connectivity index (χ3v) is 8.27. The summed E-state index contributed by atoms with van der Waals surface area (Å²) >= 11 is 0. The largest absolute Gasteiger partial charge is 0.377 e. The number of hydrogen-bond acceptors (Lipinski definition) is 5. The zero-order chi connectivity index (χ0) is 25.1. The van der Waals surface area contributed by atoms with Crippen LogP contribution in [0.4, 0.5) is 0 Å². The minimum Gasteiger partial charge on any atom is -0.377 e. The summed E-state index contributed by atoms with van der Waals surface area (Å²) in [7, 11) is 1.81. The molecule has 0 radical (unpaired) electrons. The van der Waals surface area contributed by atoms with E-state index in [4.69, 9.17) is 20.4 Å². The van der Waals surface area contributed by atoms with Crippen LogP contribution in [0.2, 0.25) is 0 Å². The average Bonchev–Trinajstić information content (AvgIpc) is 3.42. The van der Waals surface area contributed by atoms with Gasteiger partial charge in [0.25, 0.3) is 15.0 Å². The molecule has 0 saturated heterocycles. The molecule has 1 amide bonds. The summed E-state index contributed by atoms with van der Waals surface area (Å²) in [5.41, 5.74) is 2.54. The van der Waals surface area contributed by atoms with Crippen LogP contribution >= 0.6 is 10.7 Å². The fourth-order valence-electron chi connectivity index (χ4n) is 5.12. The second kappa shape index (κ2) is 10.8. The molecular formula is C27H33ClN2O4S. The van der Waals surface area contributed by atoms with Gasteiger partial charge in [0.2, 0.25) is 0 Å². The summed E-state index contributed by atoms with van der Waals surface area (Å²) < 4.78 is 30.1.